The highest BCUT2D eigenvalue weighted by molar-refractivity contribution is 9.10. The summed E-state index contributed by atoms with van der Waals surface area (Å²) in [6, 6.07) is 6.58. The third kappa shape index (κ3) is 4.32. The van der Waals surface area contributed by atoms with Gasteiger partial charge in [-0.25, -0.2) is 5.43 Å². The summed E-state index contributed by atoms with van der Waals surface area (Å²) >= 11 is 3.39. The van der Waals surface area contributed by atoms with Gasteiger partial charge in [-0.15, -0.1) is 0 Å². The zero-order valence-electron chi connectivity index (χ0n) is 14.9. The lowest BCUT2D eigenvalue weighted by Crippen LogP contribution is -2.31. The van der Waals surface area contributed by atoms with Crippen LogP contribution in [-0.2, 0) is 0 Å². The van der Waals surface area contributed by atoms with Crippen molar-refractivity contribution in [2.45, 2.75) is 19.9 Å². The van der Waals surface area contributed by atoms with Gasteiger partial charge in [0.25, 0.3) is 11.5 Å². The molecule has 2 rings (SSSR count). The van der Waals surface area contributed by atoms with Crippen molar-refractivity contribution < 1.29 is 14.3 Å². The zero-order chi connectivity index (χ0) is 19.3. The Labute approximate surface area is 159 Å². The number of aromatic nitrogens is 1. The molecule has 1 amide bonds. The first-order chi connectivity index (χ1) is 12.4. The Hall–Kier alpha value is -2.61. The molecule has 8 heteroatoms. The molecule has 2 aromatic rings. The first-order valence-electron chi connectivity index (χ1n) is 7.85. The molecule has 0 aliphatic carbocycles. The van der Waals surface area contributed by atoms with Crippen LogP contribution in [0.3, 0.4) is 0 Å². The predicted molar refractivity (Wildman–Crippen MR) is 103 cm³/mol. The maximum Gasteiger partial charge on any atom is 0.276 e. The van der Waals surface area contributed by atoms with Gasteiger partial charge in [0.05, 0.1) is 24.9 Å². The van der Waals surface area contributed by atoms with Gasteiger partial charge in [0, 0.05) is 12.2 Å². The van der Waals surface area contributed by atoms with Crippen molar-refractivity contribution >= 4 is 28.1 Å². The van der Waals surface area contributed by atoms with Gasteiger partial charge in [-0.3, -0.25) is 9.59 Å². The molecule has 0 radical (unpaired) electrons. The SMILES string of the molecule is COc1cc(/C=N\NC(=O)c2cccn(C(C)C)c2=O)cc(Br)c1OC. The van der Waals surface area contributed by atoms with Gasteiger partial charge in [0.2, 0.25) is 0 Å². The number of rotatable bonds is 6. The van der Waals surface area contributed by atoms with Crippen LogP contribution in [0.15, 0.2) is 44.8 Å². The molecule has 1 aromatic heterocycles. The molecule has 26 heavy (non-hydrogen) atoms. The van der Waals surface area contributed by atoms with Crippen molar-refractivity contribution in [2.75, 3.05) is 14.2 Å². The molecule has 0 aliphatic rings. The van der Waals surface area contributed by atoms with Crippen LogP contribution in [0, 0.1) is 0 Å². The maximum atomic E-state index is 12.3. The minimum atomic E-state index is -0.569. The minimum Gasteiger partial charge on any atom is -0.493 e. The van der Waals surface area contributed by atoms with E-state index in [1.807, 2.05) is 13.8 Å². The van der Waals surface area contributed by atoms with Gasteiger partial charge in [0.1, 0.15) is 5.56 Å². The molecule has 0 fully saturated rings. The lowest BCUT2D eigenvalue weighted by atomic mass is 10.2. The molecular formula is C18H20BrN3O4. The fourth-order valence-corrected chi connectivity index (χ4v) is 2.95. The van der Waals surface area contributed by atoms with Crippen molar-refractivity contribution in [3.8, 4) is 11.5 Å². The van der Waals surface area contributed by atoms with Gasteiger partial charge in [-0.2, -0.15) is 5.10 Å². The standard InChI is InChI=1S/C18H20BrN3O4/c1-11(2)22-7-5-6-13(18(22)24)17(23)21-20-10-12-8-14(19)16(26-4)15(9-12)25-3/h5-11H,1-4H3,(H,21,23)/b20-10-. The normalized spacial score (nSPS) is 11.0. The quantitative estimate of drug-likeness (QED) is 0.573. The van der Waals surface area contributed by atoms with E-state index in [0.29, 0.717) is 21.5 Å². The van der Waals surface area contributed by atoms with Gasteiger partial charge >= 0.3 is 0 Å². The zero-order valence-corrected chi connectivity index (χ0v) is 16.5. The van der Waals surface area contributed by atoms with E-state index in [-0.39, 0.29) is 17.2 Å². The molecule has 0 saturated heterocycles. The largest absolute Gasteiger partial charge is 0.493 e. The average molecular weight is 422 g/mol. The van der Waals surface area contributed by atoms with E-state index in [4.69, 9.17) is 9.47 Å². The second-order valence-electron chi connectivity index (χ2n) is 5.67. The number of methoxy groups -OCH3 is 2. The van der Waals surface area contributed by atoms with Crippen molar-refractivity contribution in [3.63, 3.8) is 0 Å². The average Bonchev–Trinajstić information content (AvgIpc) is 2.60. The Morgan fingerprint density at radius 3 is 2.65 bits per heavy atom. The van der Waals surface area contributed by atoms with Crippen LogP contribution in [0.1, 0.15) is 35.8 Å². The second kappa shape index (κ2) is 8.66. The summed E-state index contributed by atoms with van der Waals surface area (Å²) < 4.78 is 12.7. The Bertz CT molecular complexity index is 890. The first-order valence-corrected chi connectivity index (χ1v) is 8.64. The summed E-state index contributed by atoms with van der Waals surface area (Å²) in [7, 11) is 3.07. The van der Waals surface area contributed by atoms with Crippen LogP contribution < -0.4 is 20.5 Å². The highest BCUT2D eigenvalue weighted by atomic mass is 79.9. The monoisotopic (exact) mass is 421 g/mol. The Morgan fingerprint density at radius 2 is 2.04 bits per heavy atom. The summed E-state index contributed by atoms with van der Waals surface area (Å²) in [5, 5.41) is 3.92. The number of hydrogen-bond donors (Lipinski definition) is 1. The lowest BCUT2D eigenvalue weighted by molar-refractivity contribution is 0.0953. The summed E-state index contributed by atoms with van der Waals surface area (Å²) in [4.78, 5) is 24.5. The maximum absolute atomic E-state index is 12.3. The summed E-state index contributed by atoms with van der Waals surface area (Å²) in [5.41, 5.74) is 2.73. The van der Waals surface area contributed by atoms with E-state index in [1.54, 1.807) is 31.5 Å². The minimum absolute atomic E-state index is 0.0341. The summed E-state index contributed by atoms with van der Waals surface area (Å²) in [6.07, 6.45) is 3.10. The van der Waals surface area contributed by atoms with E-state index < -0.39 is 5.91 Å². The fraction of sp³-hybridized carbons (Fsp3) is 0.278. The number of hydrazone groups is 1. The van der Waals surface area contributed by atoms with Crippen LogP contribution in [0.5, 0.6) is 11.5 Å². The Balaban J connectivity index is 2.19. The van der Waals surface area contributed by atoms with E-state index in [9.17, 15) is 9.59 Å². The molecule has 0 bridgehead atoms. The number of carbonyl (C=O) groups is 1. The predicted octanol–water partition coefficient (Wildman–Crippen LogP) is 2.97. The van der Waals surface area contributed by atoms with Crippen LogP contribution in [0.25, 0.3) is 0 Å². The molecule has 1 N–H and O–H groups in total. The van der Waals surface area contributed by atoms with Crippen molar-refractivity contribution in [3.05, 3.63) is 56.4 Å². The molecular weight excluding hydrogens is 402 g/mol. The fourth-order valence-electron chi connectivity index (χ4n) is 2.33. The van der Waals surface area contributed by atoms with Gasteiger partial charge in [-0.1, -0.05) is 0 Å². The number of nitrogens with one attached hydrogen (secondary N) is 1. The van der Waals surface area contributed by atoms with Crippen molar-refractivity contribution in [1.29, 1.82) is 0 Å². The topological polar surface area (TPSA) is 81.9 Å². The highest BCUT2D eigenvalue weighted by Gasteiger charge is 2.13. The molecule has 0 unspecified atom stereocenters. The molecule has 0 spiro atoms. The first kappa shape index (κ1) is 19.7. The number of benzene rings is 1. The van der Waals surface area contributed by atoms with Crippen LogP contribution in [-0.4, -0.2) is 30.9 Å². The van der Waals surface area contributed by atoms with E-state index in [1.165, 1.54) is 24.0 Å². The molecule has 7 nitrogen and oxygen atoms in total. The number of nitrogens with zero attached hydrogens (tertiary/aromatic N) is 2. The Kier molecular flexibility index (Phi) is 6.57. The van der Waals surface area contributed by atoms with Crippen molar-refractivity contribution in [2.24, 2.45) is 5.10 Å². The lowest BCUT2D eigenvalue weighted by Gasteiger charge is -2.11. The molecule has 0 saturated carbocycles. The van der Waals surface area contributed by atoms with E-state index in [0.717, 1.165) is 0 Å². The van der Waals surface area contributed by atoms with E-state index in [2.05, 4.69) is 26.5 Å². The second-order valence-corrected chi connectivity index (χ2v) is 6.52. The number of carbonyl (C=O) groups excluding carboxylic acids is 1. The van der Waals surface area contributed by atoms with Crippen LogP contribution in [0.2, 0.25) is 0 Å². The molecule has 138 valence electrons. The number of ether oxygens (including phenoxy) is 2. The smallest absolute Gasteiger partial charge is 0.276 e. The number of pyridine rings is 1. The van der Waals surface area contributed by atoms with Gasteiger partial charge in [-0.05, 0) is 59.6 Å². The van der Waals surface area contributed by atoms with Gasteiger partial charge < -0.3 is 14.0 Å². The molecule has 1 heterocycles. The highest BCUT2D eigenvalue weighted by Crippen LogP contribution is 2.35. The van der Waals surface area contributed by atoms with Crippen molar-refractivity contribution in [1.82, 2.24) is 9.99 Å². The Morgan fingerprint density at radius 1 is 1.31 bits per heavy atom. The van der Waals surface area contributed by atoms with E-state index >= 15 is 0 Å². The summed E-state index contributed by atoms with van der Waals surface area (Å²) in [5.74, 6) is 0.519. The molecule has 0 aliphatic heterocycles. The third-order valence-corrected chi connectivity index (χ3v) is 4.20. The van der Waals surface area contributed by atoms with Gasteiger partial charge in [0.15, 0.2) is 11.5 Å². The number of halogens is 1. The van der Waals surface area contributed by atoms with Crippen LogP contribution >= 0.6 is 15.9 Å². The number of hydrogen-bond acceptors (Lipinski definition) is 5. The summed E-state index contributed by atoms with van der Waals surface area (Å²) in [6.45, 7) is 3.74. The molecule has 0 atom stereocenters. The number of amides is 1. The molecule has 1 aromatic carbocycles. The van der Waals surface area contributed by atoms with Crippen LogP contribution in [0.4, 0.5) is 0 Å². The third-order valence-electron chi connectivity index (χ3n) is 3.61.